The summed E-state index contributed by atoms with van der Waals surface area (Å²) in [5.74, 6) is 1.37. The molecule has 1 aromatic carbocycles. The number of hydrogen-bond acceptors (Lipinski definition) is 4. The maximum Gasteiger partial charge on any atom is 0.150 e. The number of carbonyl (C=O) groups excluding carboxylic acids is 1. The molecule has 24 heavy (non-hydrogen) atoms. The highest BCUT2D eigenvalue weighted by Gasteiger charge is 2.74. The van der Waals surface area contributed by atoms with Crippen molar-refractivity contribution in [1.82, 2.24) is 4.90 Å². The number of ketones is 1. The lowest BCUT2D eigenvalue weighted by atomic mass is 9.65. The highest BCUT2D eigenvalue weighted by Crippen LogP contribution is 2.67. The van der Waals surface area contributed by atoms with E-state index in [1.807, 2.05) is 6.07 Å². The lowest BCUT2D eigenvalue weighted by Crippen LogP contribution is -2.68. The molecular weight excluding hydrogens is 300 g/mol. The molecule has 7 atom stereocenters. The van der Waals surface area contributed by atoms with E-state index in [1.54, 1.807) is 6.07 Å². The first-order valence-corrected chi connectivity index (χ1v) is 9.10. The van der Waals surface area contributed by atoms with Crippen LogP contribution >= 0.6 is 0 Å². The lowest BCUT2D eigenvalue weighted by molar-refractivity contribution is -0.126. The summed E-state index contributed by atoms with van der Waals surface area (Å²) in [5, 5.41) is 10.5. The van der Waals surface area contributed by atoms with Gasteiger partial charge in [0.1, 0.15) is 5.75 Å². The zero-order chi connectivity index (χ0) is 16.4. The number of likely N-dealkylation sites (N-methyl/N-ethyl adjacent to an activating group) is 1. The number of phenolic OH excluding ortho intramolecular Hbond substituents is 1. The summed E-state index contributed by atoms with van der Waals surface area (Å²) in [6.07, 6.45) is 4.27. The van der Waals surface area contributed by atoms with E-state index < -0.39 is 5.41 Å². The second kappa shape index (κ2) is 3.88. The van der Waals surface area contributed by atoms with Crippen LogP contribution in [0.4, 0.5) is 5.69 Å². The van der Waals surface area contributed by atoms with Crippen molar-refractivity contribution < 1.29 is 9.90 Å². The van der Waals surface area contributed by atoms with Gasteiger partial charge in [-0.25, -0.2) is 0 Å². The van der Waals surface area contributed by atoms with Crippen molar-refractivity contribution >= 4 is 11.5 Å². The smallest absolute Gasteiger partial charge is 0.150 e. The van der Waals surface area contributed by atoms with Gasteiger partial charge in [-0.15, -0.1) is 0 Å². The predicted molar refractivity (Wildman–Crippen MR) is 91.2 cm³/mol. The van der Waals surface area contributed by atoms with Gasteiger partial charge in [-0.1, -0.05) is 23.8 Å². The van der Waals surface area contributed by atoms with Crippen molar-refractivity contribution in [2.45, 2.75) is 43.3 Å². The Hall–Kier alpha value is -1.81. The van der Waals surface area contributed by atoms with Crippen LogP contribution in [-0.2, 0) is 10.2 Å². The molecule has 7 rings (SSSR count). The van der Waals surface area contributed by atoms with E-state index in [4.69, 9.17) is 0 Å². The Balaban J connectivity index is 1.64. The van der Waals surface area contributed by atoms with Crippen molar-refractivity contribution in [3.63, 3.8) is 0 Å². The third kappa shape index (κ3) is 1.13. The number of Topliss-reactive ketones (excluding diaryl/α,β-unsaturated/α-hetero) is 1. The Labute approximate surface area is 141 Å². The number of carbonyl (C=O) groups is 1. The number of benzene rings is 1. The summed E-state index contributed by atoms with van der Waals surface area (Å²) in [6.45, 7) is 3.15. The summed E-state index contributed by atoms with van der Waals surface area (Å²) in [4.78, 5) is 18.6. The van der Waals surface area contributed by atoms with E-state index >= 15 is 0 Å². The third-order valence-electron chi connectivity index (χ3n) is 7.82. The molecule has 6 aliphatic rings. The number of phenols is 1. The molecule has 0 radical (unpaired) electrons. The number of hydrogen-bond donors (Lipinski definition) is 1. The second-order valence-electron chi connectivity index (χ2n) is 8.31. The SMILES string of the molecule is CC=C1CN2C3CC45C(=O)C3C1CC2C4N(C)c1c(O)cccc15. The molecule has 0 amide bonds. The fourth-order valence-electron chi connectivity index (χ4n) is 7.14. The van der Waals surface area contributed by atoms with Gasteiger partial charge in [0.25, 0.3) is 0 Å². The maximum atomic E-state index is 13.8. The normalized spacial score (nSPS) is 48.3. The summed E-state index contributed by atoms with van der Waals surface area (Å²) < 4.78 is 0. The Morgan fingerprint density at radius 1 is 1.33 bits per heavy atom. The van der Waals surface area contributed by atoms with Gasteiger partial charge in [0, 0.05) is 31.6 Å². The zero-order valence-corrected chi connectivity index (χ0v) is 14.1. The van der Waals surface area contributed by atoms with Crippen LogP contribution in [0.3, 0.4) is 0 Å². The molecule has 5 aliphatic heterocycles. The third-order valence-corrected chi connectivity index (χ3v) is 7.82. The molecule has 5 bridgehead atoms. The molecule has 4 nitrogen and oxygen atoms in total. The summed E-state index contributed by atoms with van der Waals surface area (Å²) >= 11 is 0. The quantitative estimate of drug-likeness (QED) is 0.743. The monoisotopic (exact) mass is 322 g/mol. The number of piperidine rings is 4. The van der Waals surface area contributed by atoms with Crippen LogP contribution in [-0.4, -0.2) is 47.5 Å². The molecule has 5 heterocycles. The summed E-state index contributed by atoms with van der Waals surface area (Å²) in [5.41, 5.74) is 3.06. The molecule has 5 fully saturated rings. The Morgan fingerprint density at radius 2 is 2.17 bits per heavy atom. The van der Waals surface area contributed by atoms with Gasteiger partial charge >= 0.3 is 0 Å². The summed E-state index contributed by atoms with van der Waals surface area (Å²) in [7, 11) is 2.07. The van der Waals surface area contributed by atoms with E-state index in [0.29, 0.717) is 29.5 Å². The Morgan fingerprint density at radius 3 is 2.96 bits per heavy atom. The predicted octanol–water partition coefficient (Wildman–Crippen LogP) is 2.07. The highest BCUT2D eigenvalue weighted by atomic mass is 16.3. The fraction of sp³-hybridized carbons (Fsp3) is 0.550. The molecule has 4 saturated heterocycles. The standard InChI is InChI=1S/C20H22N2O2/c1-3-10-9-22-13-7-11(10)16-14(22)8-20(19(16)24)12-5-4-6-15(23)17(12)21(2)18(13)20/h3-6,11,13-14,16,18,23H,7-9H2,1-2H3. The van der Waals surface area contributed by atoms with E-state index in [0.717, 1.165) is 30.6 Å². The molecule has 7 unspecified atom stereocenters. The van der Waals surface area contributed by atoms with Crippen molar-refractivity contribution in [3.8, 4) is 5.75 Å². The van der Waals surface area contributed by atoms with Crippen LogP contribution in [0.25, 0.3) is 0 Å². The van der Waals surface area contributed by atoms with Crippen molar-refractivity contribution in [2.75, 3.05) is 18.5 Å². The van der Waals surface area contributed by atoms with E-state index in [-0.39, 0.29) is 12.0 Å². The van der Waals surface area contributed by atoms with Crippen LogP contribution in [0.1, 0.15) is 25.3 Å². The highest BCUT2D eigenvalue weighted by molar-refractivity contribution is 6.02. The molecule has 124 valence electrons. The van der Waals surface area contributed by atoms with Crippen molar-refractivity contribution in [2.24, 2.45) is 11.8 Å². The molecule has 1 saturated carbocycles. The minimum absolute atomic E-state index is 0.160. The van der Waals surface area contributed by atoms with Gasteiger partial charge in [-0.05, 0) is 37.3 Å². The molecule has 1 aliphatic carbocycles. The van der Waals surface area contributed by atoms with E-state index in [9.17, 15) is 9.90 Å². The van der Waals surface area contributed by atoms with Crippen LogP contribution in [0, 0.1) is 11.8 Å². The van der Waals surface area contributed by atoms with Crippen LogP contribution < -0.4 is 4.90 Å². The van der Waals surface area contributed by atoms with Crippen LogP contribution in [0.5, 0.6) is 5.75 Å². The van der Waals surface area contributed by atoms with Crippen molar-refractivity contribution in [1.29, 1.82) is 0 Å². The van der Waals surface area contributed by atoms with Gasteiger partial charge < -0.3 is 10.0 Å². The minimum Gasteiger partial charge on any atom is -0.506 e. The molecular formula is C20H22N2O2. The number of rotatable bonds is 0. The van der Waals surface area contributed by atoms with Crippen LogP contribution in [0.15, 0.2) is 29.8 Å². The molecule has 4 heteroatoms. The molecule has 1 spiro atoms. The van der Waals surface area contributed by atoms with Gasteiger partial charge in [0.05, 0.1) is 17.1 Å². The number of allylic oxidation sites excluding steroid dienone is 1. The first-order valence-electron chi connectivity index (χ1n) is 9.10. The van der Waals surface area contributed by atoms with Gasteiger partial charge in [-0.2, -0.15) is 0 Å². The first-order chi connectivity index (χ1) is 11.6. The zero-order valence-electron chi connectivity index (χ0n) is 14.1. The number of para-hydroxylation sites is 1. The van der Waals surface area contributed by atoms with E-state index in [2.05, 4.69) is 35.9 Å². The number of nitrogens with zero attached hydrogens (tertiary/aromatic N) is 2. The Kier molecular flexibility index (Phi) is 2.18. The average Bonchev–Trinajstić information content (AvgIpc) is 2.98. The Bertz CT molecular complexity index is 831. The number of aromatic hydroxyl groups is 1. The minimum atomic E-state index is -0.392. The number of anilines is 1. The fourth-order valence-corrected chi connectivity index (χ4v) is 7.14. The average molecular weight is 322 g/mol. The first kappa shape index (κ1) is 13.5. The maximum absolute atomic E-state index is 13.8. The summed E-state index contributed by atoms with van der Waals surface area (Å²) in [6, 6.07) is 6.76. The van der Waals surface area contributed by atoms with Crippen LogP contribution in [0.2, 0.25) is 0 Å². The largest absolute Gasteiger partial charge is 0.506 e. The topological polar surface area (TPSA) is 43.8 Å². The van der Waals surface area contributed by atoms with E-state index in [1.165, 1.54) is 5.57 Å². The molecule has 1 N–H and O–H groups in total. The van der Waals surface area contributed by atoms with Crippen molar-refractivity contribution in [3.05, 3.63) is 35.4 Å². The number of fused-ring (bicyclic) bond motifs is 2. The second-order valence-corrected chi connectivity index (χ2v) is 8.31. The molecule has 1 aromatic rings. The van der Waals surface area contributed by atoms with Gasteiger partial charge in [0.15, 0.2) is 5.78 Å². The van der Waals surface area contributed by atoms with Gasteiger partial charge in [0.2, 0.25) is 0 Å². The van der Waals surface area contributed by atoms with Gasteiger partial charge in [-0.3, -0.25) is 9.69 Å². The molecule has 0 aromatic heterocycles. The lowest BCUT2D eigenvalue weighted by Gasteiger charge is -2.58.